The first-order valence-corrected chi connectivity index (χ1v) is 7.80. The van der Waals surface area contributed by atoms with Crippen molar-refractivity contribution in [1.82, 2.24) is 14.5 Å². The molecule has 1 aliphatic rings. The van der Waals surface area contributed by atoms with E-state index in [0.29, 0.717) is 12.0 Å². The number of nitrogens with two attached hydrogens (primary N) is 1. The molecule has 5 nitrogen and oxygen atoms in total. The lowest BCUT2D eigenvalue weighted by Crippen LogP contribution is -2.46. The molecule has 0 aliphatic carbocycles. The average molecular weight is 288 g/mol. The van der Waals surface area contributed by atoms with Crippen LogP contribution in [0.1, 0.15) is 19.8 Å². The molecule has 0 bridgehead atoms. The summed E-state index contributed by atoms with van der Waals surface area (Å²) in [5.41, 5.74) is 7.96. The zero-order valence-corrected chi connectivity index (χ0v) is 12.6. The number of nitrogens with one attached hydrogen (secondary N) is 1. The largest absolute Gasteiger partial charge is 0.327 e. The van der Waals surface area contributed by atoms with Crippen LogP contribution in [0.3, 0.4) is 0 Å². The highest BCUT2D eigenvalue weighted by atomic mass is 16.1. The van der Waals surface area contributed by atoms with Gasteiger partial charge in [-0.3, -0.25) is 4.57 Å². The quantitative estimate of drug-likeness (QED) is 0.893. The summed E-state index contributed by atoms with van der Waals surface area (Å²) < 4.78 is 1.84. The smallest absolute Gasteiger partial charge is 0.326 e. The summed E-state index contributed by atoms with van der Waals surface area (Å²) in [7, 11) is 0. The number of fused-ring (bicyclic) bond motifs is 1. The van der Waals surface area contributed by atoms with E-state index in [-0.39, 0.29) is 5.69 Å². The number of benzene rings is 1. The number of para-hydroxylation sites is 2. The van der Waals surface area contributed by atoms with Crippen molar-refractivity contribution in [2.75, 3.05) is 19.6 Å². The Kier molecular flexibility index (Phi) is 4.12. The van der Waals surface area contributed by atoms with E-state index in [4.69, 9.17) is 5.73 Å². The van der Waals surface area contributed by atoms with Crippen molar-refractivity contribution in [2.24, 2.45) is 11.7 Å². The monoisotopic (exact) mass is 288 g/mol. The third-order valence-corrected chi connectivity index (χ3v) is 4.59. The van der Waals surface area contributed by atoms with Gasteiger partial charge in [0.2, 0.25) is 0 Å². The Balaban J connectivity index is 1.60. The van der Waals surface area contributed by atoms with Crippen LogP contribution in [0.2, 0.25) is 0 Å². The highest BCUT2D eigenvalue weighted by molar-refractivity contribution is 5.74. The maximum atomic E-state index is 12.0. The molecular weight excluding hydrogens is 264 g/mol. The average Bonchev–Trinajstić information content (AvgIpc) is 2.79. The van der Waals surface area contributed by atoms with Crippen LogP contribution in [0.15, 0.2) is 29.1 Å². The molecule has 1 saturated heterocycles. The second-order valence-electron chi connectivity index (χ2n) is 6.18. The topological polar surface area (TPSA) is 67.0 Å². The second-order valence-corrected chi connectivity index (χ2v) is 6.18. The summed E-state index contributed by atoms with van der Waals surface area (Å²) >= 11 is 0. The number of H-pyrrole nitrogens is 1. The maximum absolute atomic E-state index is 12.0. The van der Waals surface area contributed by atoms with Crippen LogP contribution >= 0.6 is 0 Å². The predicted molar refractivity (Wildman–Crippen MR) is 85.4 cm³/mol. The molecule has 1 fully saturated rings. The molecule has 3 N–H and O–H groups in total. The minimum Gasteiger partial charge on any atom is -0.327 e. The fraction of sp³-hybridized carbons (Fsp3) is 0.562. The lowest BCUT2D eigenvalue weighted by atomic mass is 9.95. The van der Waals surface area contributed by atoms with Crippen LogP contribution in [0.25, 0.3) is 11.0 Å². The molecule has 0 radical (unpaired) electrons. The van der Waals surface area contributed by atoms with Gasteiger partial charge >= 0.3 is 5.69 Å². The number of imidazole rings is 1. The summed E-state index contributed by atoms with van der Waals surface area (Å²) in [5.74, 6) is 0.564. The third-order valence-electron chi connectivity index (χ3n) is 4.59. The summed E-state index contributed by atoms with van der Waals surface area (Å²) in [5, 5.41) is 0. The third kappa shape index (κ3) is 3.04. The van der Waals surface area contributed by atoms with Crippen LogP contribution in [-0.2, 0) is 6.54 Å². The van der Waals surface area contributed by atoms with E-state index in [9.17, 15) is 4.79 Å². The van der Waals surface area contributed by atoms with Crippen molar-refractivity contribution in [3.63, 3.8) is 0 Å². The number of aromatic amines is 1. The van der Waals surface area contributed by atoms with Gasteiger partial charge in [-0.25, -0.2) is 4.79 Å². The number of piperidine rings is 1. The van der Waals surface area contributed by atoms with E-state index >= 15 is 0 Å². The van der Waals surface area contributed by atoms with Crippen molar-refractivity contribution in [2.45, 2.75) is 32.4 Å². The first kappa shape index (κ1) is 14.4. The molecule has 0 saturated carbocycles. The SMILES string of the molecule is CC1CN(CCCn2c(=O)[nH]c3ccccc32)CCC1N. The van der Waals surface area contributed by atoms with Gasteiger partial charge < -0.3 is 15.6 Å². The highest BCUT2D eigenvalue weighted by Gasteiger charge is 2.22. The van der Waals surface area contributed by atoms with E-state index < -0.39 is 0 Å². The van der Waals surface area contributed by atoms with Crippen LogP contribution in [0.5, 0.6) is 0 Å². The molecule has 1 aromatic heterocycles. The van der Waals surface area contributed by atoms with Crippen molar-refractivity contribution in [1.29, 1.82) is 0 Å². The standard InChI is InChI=1S/C16H24N4O/c1-12-11-19(10-7-13(12)17)8-4-9-20-15-6-3-2-5-14(15)18-16(20)21/h2-3,5-6,12-13H,4,7-11,17H2,1H3,(H,18,21). The zero-order valence-electron chi connectivity index (χ0n) is 12.6. The summed E-state index contributed by atoms with van der Waals surface area (Å²) in [4.78, 5) is 17.4. The van der Waals surface area contributed by atoms with Crippen LogP contribution in [0, 0.1) is 5.92 Å². The van der Waals surface area contributed by atoms with E-state index in [1.54, 1.807) is 0 Å². The molecule has 114 valence electrons. The zero-order chi connectivity index (χ0) is 14.8. The van der Waals surface area contributed by atoms with Gasteiger partial charge in [-0.05, 0) is 44.0 Å². The molecule has 21 heavy (non-hydrogen) atoms. The van der Waals surface area contributed by atoms with Gasteiger partial charge in [0, 0.05) is 19.1 Å². The number of nitrogens with zero attached hydrogens (tertiary/aromatic N) is 2. The number of aromatic nitrogens is 2. The Morgan fingerprint density at radius 2 is 2.14 bits per heavy atom. The number of rotatable bonds is 4. The van der Waals surface area contributed by atoms with Crippen LogP contribution in [-0.4, -0.2) is 40.1 Å². The van der Waals surface area contributed by atoms with Gasteiger partial charge in [-0.2, -0.15) is 0 Å². The fourth-order valence-corrected chi connectivity index (χ4v) is 3.23. The molecule has 1 aromatic carbocycles. The number of likely N-dealkylation sites (tertiary alicyclic amines) is 1. The van der Waals surface area contributed by atoms with Crippen molar-refractivity contribution >= 4 is 11.0 Å². The fourth-order valence-electron chi connectivity index (χ4n) is 3.23. The first-order chi connectivity index (χ1) is 10.1. The van der Waals surface area contributed by atoms with Crippen molar-refractivity contribution in [3.05, 3.63) is 34.7 Å². The molecule has 1 aliphatic heterocycles. The molecule has 0 amide bonds. The lowest BCUT2D eigenvalue weighted by Gasteiger charge is -2.35. The summed E-state index contributed by atoms with van der Waals surface area (Å²) in [6.45, 7) is 6.17. The van der Waals surface area contributed by atoms with E-state index in [1.165, 1.54) is 0 Å². The highest BCUT2D eigenvalue weighted by Crippen LogP contribution is 2.15. The Hall–Kier alpha value is -1.59. The lowest BCUT2D eigenvalue weighted by molar-refractivity contribution is 0.161. The van der Waals surface area contributed by atoms with E-state index in [1.807, 2.05) is 28.8 Å². The van der Waals surface area contributed by atoms with E-state index in [0.717, 1.165) is 50.1 Å². The Bertz CT molecular complexity index is 660. The molecule has 2 heterocycles. The molecule has 2 atom stereocenters. The van der Waals surface area contributed by atoms with Crippen molar-refractivity contribution in [3.8, 4) is 0 Å². The minimum atomic E-state index is -0.00904. The summed E-state index contributed by atoms with van der Waals surface area (Å²) in [6.07, 6.45) is 2.07. The Labute approximate surface area is 124 Å². The van der Waals surface area contributed by atoms with Gasteiger partial charge in [-0.15, -0.1) is 0 Å². The van der Waals surface area contributed by atoms with Crippen LogP contribution in [0.4, 0.5) is 0 Å². The number of hydrogen-bond donors (Lipinski definition) is 2. The van der Waals surface area contributed by atoms with Gasteiger partial charge in [0.05, 0.1) is 11.0 Å². The van der Waals surface area contributed by atoms with Gasteiger partial charge in [0.15, 0.2) is 0 Å². The Morgan fingerprint density at radius 3 is 2.95 bits per heavy atom. The second kappa shape index (κ2) is 6.03. The maximum Gasteiger partial charge on any atom is 0.326 e. The molecule has 2 unspecified atom stereocenters. The number of hydrogen-bond acceptors (Lipinski definition) is 3. The summed E-state index contributed by atoms with van der Waals surface area (Å²) in [6, 6.07) is 8.20. The molecule has 0 spiro atoms. The van der Waals surface area contributed by atoms with Gasteiger partial charge in [-0.1, -0.05) is 19.1 Å². The molecule has 3 rings (SSSR count). The predicted octanol–water partition coefficient (Wildman–Crippen LogP) is 1.39. The van der Waals surface area contributed by atoms with Crippen molar-refractivity contribution < 1.29 is 0 Å². The molecule has 5 heteroatoms. The molecule has 2 aromatic rings. The number of aryl methyl sites for hydroxylation is 1. The van der Waals surface area contributed by atoms with Crippen LogP contribution < -0.4 is 11.4 Å². The normalized spacial score (nSPS) is 23.7. The Morgan fingerprint density at radius 1 is 1.33 bits per heavy atom. The first-order valence-electron chi connectivity index (χ1n) is 7.80. The van der Waals surface area contributed by atoms with E-state index in [2.05, 4.69) is 16.8 Å². The molecular formula is C16H24N4O. The van der Waals surface area contributed by atoms with Gasteiger partial charge in [0.25, 0.3) is 0 Å². The van der Waals surface area contributed by atoms with Gasteiger partial charge in [0.1, 0.15) is 0 Å². The minimum absolute atomic E-state index is 0.00904.